The smallest absolute Gasteiger partial charge is 0.336 e. The number of hydrogen-bond donors (Lipinski definition) is 0. The van der Waals surface area contributed by atoms with Crippen molar-refractivity contribution in [3.8, 4) is 11.1 Å². The van der Waals surface area contributed by atoms with Gasteiger partial charge in [0, 0.05) is 42.9 Å². The predicted molar refractivity (Wildman–Crippen MR) is 87.0 cm³/mol. The molecule has 1 heterocycles. The molecule has 0 fully saturated rings. The summed E-state index contributed by atoms with van der Waals surface area (Å²) in [6.07, 6.45) is 0. The van der Waals surface area contributed by atoms with E-state index in [-0.39, 0.29) is 5.63 Å². The molecule has 0 radical (unpaired) electrons. The van der Waals surface area contributed by atoms with Crippen LogP contribution in [0.3, 0.4) is 0 Å². The number of rotatable bonds is 2. The fourth-order valence-corrected chi connectivity index (χ4v) is 2.53. The molecular formula is C18H17NO2. The van der Waals surface area contributed by atoms with E-state index in [9.17, 15) is 4.79 Å². The van der Waals surface area contributed by atoms with Crippen LogP contribution in [0.2, 0.25) is 0 Å². The van der Waals surface area contributed by atoms with E-state index in [4.69, 9.17) is 4.42 Å². The molecule has 0 aliphatic rings. The standard InChI is InChI=1S/C18H17NO2/c1-12-6-4-5-7-14(12)16-11-18(20)21-17-10-13(19(2)3)8-9-15(16)17/h4-11H,1-3H3. The van der Waals surface area contributed by atoms with E-state index in [0.717, 1.165) is 27.8 Å². The molecule has 0 spiro atoms. The second-order valence-electron chi connectivity index (χ2n) is 5.37. The van der Waals surface area contributed by atoms with Crippen molar-refractivity contribution >= 4 is 16.7 Å². The average Bonchev–Trinajstić information content (AvgIpc) is 2.46. The Hall–Kier alpha value is -2.55. The average molecular weight is 279 g/mol. The molecule has 1 aromatic heterocycles. The van der Waals surface area contributed by atoms with E-state index < -0.39 is 0 Å². The van der Waals surface area contributed by atoms with Gasteiger partial charge < -0.3 is 9.32 Å². The lowest BCUT2D eigenvalue weighted by molar-refractivity contribution is 0.561. The fourth-order valence-electron chi connectivity index (χ4n) is 2.53. The van der Waals surface area contributed by atoms with E-state index >= 15 is 0 Å². The Kier molecular flexibility index (Phi) is 3.26. The van der Waals surface area contributed by atoms with Gasteiger partial charge in [-0.15, -0.1) is 0 Å². The quantitative estimate of drug-likeness (QED) is 0.668. The van der Waals surface area contributed by atoms with Gasteiger partial charge in [-0.1, -0.05) is 24.3 Å². The summed E-state index contributed by atoms with van der Waals surface area (Å²) in [7, 11) is 3.93. The summed E-state index contributed by atoms with van der Waals surface area (Å²) >= 11 is 0. The molecule has 21 heavy (non-hydrogen) atoms. The Bertz CT molecular complexity index is 862. The molecule has 3 nitrogen and oxygen atoms in total. The maximum Gasteiger partial charge on any atom is 0.336 e. The zero-order valence-corrected chi connectivity index (χ0v) is 12.4. The molecule has 106 valence electrons. The summed E-state index contributed by atoms with van der Waals surface area (Å²) in [6, 6.07) is 15.6. The Labute approximate surface area is 123 Å². The topological polar surface area (TPSA) is 33.5 Å². The van der Waals surface area contributed by atoms with Crippen LogP contribution in [0.25, 0.3) is 22.1 Å². The molecule has 0 saturated heterocycles. The summed E-state index contributed by atoms with van der Waals surface area (Å²) in [5, 5.41) is 0.953. The van der Waals surface area contributed by atoms with Crippen LogP contribution < -0.4 is 10.5 Å². The number of aryl methyl sites for hydroxylation is 1. The van der Waals surface area contributed by atoms with Crippen LogP contribution in [-0.4, -0.2) is 14.1 Å². The highest BCUT2D eigenvalue weighted by Crippen LogP contribution is 2.31. The third kappa shape index (κ3) is 2.42. The van der Waals surface area contributed by atoms with Crippen LogP contribution in [0.15, 0.2) is 57.7 Å². The van der Waals surface area contributed by atoms with Gasteiger partial charge in [0.25, 0.3) is 0 Å². The Balaban J connectivity index is 2.33. The van der Waals surface area contributed by atoms with E-state index in [2.05, 4.69) is 0 Å². The van der Waals surface area contributed by atoms with Gasteiger partial charge in [0.15, 0.2) is 0 Å². The number of anilines is 1. The Morgan fingerprint density at radius 3 is 2.43 bits per heavy atom. The lowest BCUT2D eigenvalue weighted by Crippen LogP contribution is -2.08. The maximum atomic E-state index is 11.9. The summed E-state index contributed by atoms with van der Waals surface area (Å²) in [6.45, 7) is 2.05. The monoisotopic (exact) mass is 279 g/mol. The van der Waals surface area contributed by atoms with Crippen molar-refractivity contribution in [2.75, 3.05) is 19.0 Å². The molecule has 0 atom stereocenters. The Morgan fingerprint density at radius 2 is 1.71 bits per heavy atom. The number of benzene rings is 2. The zero-order valence-electron chi connectivity index (χ0n) is 12.4. The van der Waals surface area contributed by atoms with Crippen molar-refractivity contribution in [3.63, 3.8) is 0 Å². The van der Waals surface area contributed by atoms with Gasteiger partial charge in [-0.25, -0.2) is 4.79 Å². The Morgan fingerprint density at radius 1 is 0.952 bits per heavy atom. The van der Waals surface area contributed by atoms with E-state index in [1.807, 2.05) is 68.4 Å². The second kappa shape index (κ2) is 5.09. The maximum absolute atomic E-state index is 11.9. The molecule has 0 aliphatic heterocycles. The molecule has 2 aromatic carbocycles. The molecule has 0 N–H and O–H groups in total. The minimum atomic E-state index is -0.323. The molecule has 0 aliphatic carbocycles. The lowest BCUT2D eigenvalue weighted by Gasteiger charge is -2.14. The molecule has 0 bridgehead atoms. The van der Waals surface area contributed by atoms with Crippen molar-refractivity contribution in [1.82, 2.24) is 0 Å². The predicted octanol–water partition coefficient (Wildman–Crippen LogP) is 3.83. The minimum absolute atomic E-state index is 0.323. The molecule has 3 aromatic rings. The molecule has 0 unspecified atom stereocenters. The first-order chi connectivity index (χ1) is 10.1. The van der Waals surface area contributed by atoms with Gasteiger partial charge in [-0.3, -0.25) is 0 Å². The summed E-state index contributed by atoms with van der Waals surface area (Å²) in [5.74, 6) is 0. The second-order valence-corrected chi connectivity index (χ2v) is 5.37. The molecule has 0 saturated carbocycles. The third-order valence-electron chi connectivity index (χ3n) is 3.68. The number of nitrogens with zero attached hydrogens (tertiary/aromatic N) is 1. The van der Waals surface area contributed by atoms with Gasteiger partial charge in [-0.2, -0.15) is 0 Å². The van der Waals surface area contributed by atoms with Gasteiger partial charge in [-0.05, 0) is 30.2 Å². The third-order valence-corrected chi connectivity index (χ3v) is 3.68. The minimum Gasteiger partial charge on any atom is -0.423 e. The number of hydrogen-bond acceptors (Lipinski definition) is 3. The normalized spacial score (nSPS) is 10.8. The molecular weight excluding hydrogens is 262 g/mol. The van der Waals surface area contributed by atoms with Crippen LogP contribution in [-0.2, 0) is 0 Å². The summed E-state index contributed by atoms with van der Waals surface area (Å²) in [5.41, 5.74) is 4.43. The molecule has 3 heteroatoms. The van der Waals surface area contributed by atoms with Crippen molar-refractivity contribution in [1.29, 1.82) is 0 Å². The summed E-state index contributed by atoms with van der Waals surface area (Å²) < 4.78 is 5.37. The highest BCUT2D eigenvalue weighted by Gasteiger charge is 2.10. The SMILES string of the molecule is Cc1ccccc1-c1cc(=O)oc2cc(N(C)C)ccc12. The van der Waals surface area contributed by atoms with Crippen molar-refractivity contribution in [3.05, 3.63) is 64.5 Å². The van der Waals surface area contributed by atoms with E-state index in [0.29, 0.717) is 5.58 Å². The lowest BCUT2D eigenvalue weighted by atomic mass is 9.98. The van der Waals surface area contributed by atoms with Crippen LogP contribution in [0.4, 0.5) is 5.69 Å². The van der Waals surface area contributed by atoms with Gasteiger partial charge in [0.05, 0.1) is 0 Å². The highest BCUT2D eigenvalue weighted by atomic mass is 16.4. The van der Waals surface area contributed by atoms with Crippen molar-refractivity contribution < 1.29 is 4.42 Å². The zero-order chi connectivity index (χ0) is 15.0. The fraction of sp³-hybridized carbons (Fsp3) is 0.167. The first-order valence-corrected chi connectivity index (χ1v) is 6.87. The molecule has 0 amide bonds. The van der Waals surface area contributed by atoms with Crippen molar-refractivity contribution in [2.24, 2.45) is 0 Å². The van der Waals surface area contributed by atoms with Crippen LogP contribution in [0.1, 0.15) is 5.56 Å². The van der Waals surface area contributed by atoms with Crippen molar-refractivity contribution in [2.45, 2.75) is 6.92 Å². The number of fused-ring (bicyclic) bond motifs is 1. The van der Waals surface area contributed by atoms with Gasteiger partial charge in [0.2, 0.25) is 0 Å². The van der Waals surface area contributed by atoms with Crippen LogP contribution in [0, 0.1) is 6.92 Å². The summed E-state index contributed by atoms with van der Waals surface area (Å²) in [4.78, 5) is 13.9. The largest absolute Gasteiger partial charge is 0.423 e. The van der Waals surface area contributed by atoms with Crippen LogP contribution in [0.5, 0.6) is 0 Å². The molecule has 3 rings (SSSR count). The highest BCUT2D eigenvalue weighted by molar-refractivity contribution is 5.95. The van der Waals surface area contributed by atoms with Crippen LogP contribution >= 0.6 is 0 Å². The van der Waals surface area contributed by atoms with Gasteiger partial charge in [0.1, 0.15) is 5.58 Å². The first-order valence-electron chi connectivity index (χ1n) is 6.87. The first kappa shape index (κ1) is 13.4. The van der Waals surface area contributed by atoms with E-state index in [1.165, 1.54) is 0 Å². The van der Waals surface area contributed by atoms with E-state index in [1.54, 1.807) is 6.07 Å². The van der Waals surface area contributed by atoms with Gasteiger partial charge >= 0.3 is 5.63 Å².